The summed E-state index contributed by atoms with van der Waals surface area (Å²) in [7, 11) is 0. The molecule has 0 aliphatic carbocycles. The van der Waals surface area contributed by atoms with Crippen molar-refractivity contribution in [3.05, 3.63) is 56.5 Å². The molecular formula is C24H28Cl4N2O4. The maximum absolute atomic E-state index is 12.2. The molecule has 0 aliphatic rings. The van der Waals surface area contributed by atoms with Gasteiger partial charge in [-0.1, -0.05) is 59.2 Å². The number of rotatable bonds is 13. The Hall–Kier alpha value is -1.86. The zero-order valence-corrected chi connectivity index (χ0v) is 22.0. The highest BCUT2D eigenvalue weighted by Gasteiger charge is 2.17. The van der Waals surface area contributed by atoms with Crippen LogP contribution in [-0.2, 0) is 9.59 Å². The quantitative estimate of drug-likeness (QED) is 0.286. The van der Waals surface area contributed by atoms with Crippen molar-refractivity contribution in [2.75, 3.05) is 13.1 Å². The Morgan fingerprint density at radius 1 is 0.706 bits per heavy atom. The molecule has 0 radical (unpaired) electrons. The molecular weight excluding hydrogens is 522 g/mol. The van der Waals surface area contributed by atoms with Gasteiger partial charge in [0.05, 0.1) is 10.0 Å². The summed E-state index contributed by atoms with van der Waals surface area (Å²) in [5, 5.41) is 7.41. The molecule has 2 rings (SSSR count). The van der Waals surface area contributed by atoms with Crippen molar-refractivity contribution < 1.29 is 19.1 Å². The van der Waals surface area contributed by atoms with E-state index in [4.69, 9.17) is 55.9 Å². The van der Waals surface area contributed by atoms with Crippen LogP contribution in [0.3, 0.4) is 0 Å². The van der Waals surface area contributed by atoms with Gasteiger partial charge in [-0.2, -0.15) is 0 Å². The molecule has 34 heavy (non-hydrogen) atoms. The summed E-state index contributed by atoms with van der Waals surface area (Å²) in [5.74, 6) is 0.389. The predicted molar refractivity (Wildman–Crippen MR) is 138 cm³/mol. The molecule has 10 heteroatoms. The monoisotopic (exact) mass is 548 g/mol. The fourth-order valence-corrected chi connectivity index (χ4v) is 3.85. The van der Waals surface area contributed by atoms with Crippen molar-refractivity contribution in [3.8, 4) is 11.5 Å². The van der Waals surface area contributed by atoms with Crippen molar-refractivity contribution >= 4 is 58.2 Å². The van der Waals surface area contributed by atoms with Gasteiger partial charge in [-0.25, -0.2) is 0 Å². The number of unbranched alkanes of at least 4 members (excludes halogenated alkanes) is 3. The molecule has 0 saturated carbocycles. The normalized spacial score (nSPS) is 12.5. The molecule has 186 valence electrons. The Morgan fingerprint density at radius 3 is 1.44 bits per heavy atom. The van der Waals surface area contributed by atoms with Gasteiger partial charge >= 0.3 is 0 Å². The molecule has 0 bridgehead atoms. The van der Waals surface area contributed by atoms with Crippen molar-refractivity contribution in [2.45, 2.75) is 51.7 Å². The van der Waals surface area contributed by atoms with E-state index in [1.165, 1.54) is 0 Å². The topological polar surface area (TPSA) is 76.7 Å². The van der Waals surface area contributed by atoms with E-state index in [2.05, 4.69) is 10.6 Å². The number of halogens is 4. The third-order valence-corrected chi connectivity index (χ3v) is 5.90. The number of hydrogen-bond acceptors (Lipinski definition) is 4. The predicted octanol–water partition coefficient (Wildman–Crippen LogP) is 6.33. The van der Waals surface area contributed by atoms with Crippen molar-refractivity contribution in [1.29, 1.82) is 0 Å². The van der Waals surface area contributed by atoms with Crippen LogP contribution in [0, 0.1) is 0 Å². The van der Waals surface area contributed by atoms with E-state index in [0.717, 1.165) is 25.7 Å². The van der Waals surface area contributed by atoms with E-state index >= 15 is 0 Å². The molecule has 2 aromatic carbocycles. The van der Waals surface area contributed by atoms with E-state index < -0.39 is 12.2 Å². The molecule has 6 nitrogen and oxygen atoms in total. The third kappa shape index (κ3) is 9.79. The van der Waals surface area contributed by atoms with Crippen LogP contribution in [0.4, 0.5) is 0 Å². The van der Waals surface area contributed by atoms with Crippen molar-refractivity contribution in [1.82, 2.24) is 10.6 Å². The second kappa shape index (κ2) is 14.5. The zero-order valence-electron chi connectivity index (χ0n) is 19.0. The average Bonchev–Trinajstić information content (AvgIpc) is 2.78. The minimum atomic E-state index is -0.680. The minimum Gasteiger partial charge on any atom is -0.479 e. The third-order valence-electron chi connectivity index (χ3n) is 4.84. The second-order valence-corrected chi connectivity index (χ2v) is 9.35. The second-order valence-electron chi connectivity index (χ2n) is 7.67. The Morgan fingerprint density at radius 2 is 1.09 bits per heavy atom. The summed E-state index contributed by atoms with van der Waals surface area (Å²) in [6, 6.07) is 9.69. The Kier molecular flexibility index (Phi) is 12.1. The zero-order chi connectivity index (χ0) is 25.1. The van der Waals surface area contributed by atoms with Crippen LogP contribution in [0.1, 0.15) is 39.5 Å². The summed E-state index contributed by atoms with van der Waals surface area (Å²) >= 11 is 23.9. The average molecular weight is 550 g/mol. The number of carbonyl (C=O) groups excluding carboxylic acids is 2. The van der Waals surface area contributed by atoms with Gasteiger partial charge in [0.15, 0.2) is 12.2 Å². The maximum atomic E-state index is 12.2. The number of ether oxygens (including phenoxy) is 2. The van der Waals surface area contributed by atoms with Crippen LogP contribution in [-0.4, -0.2) is 37.1 Å². The molecule has 2 aromatic rings. The van der Waals surface area contributed by atoms with Gasteiger partial charge in [-0.3, -0.25) is 9.59 Å². The lowest BCUT2D eigenvalue weighted by Crippen LogP contribution is -2.37. The lowest BCUT2D eigenvalue weighted by atomic mass is 10.2. The fourth-order valence-electron chi connectivity index (χ4n) is 2.94. The van der Waals surface area contributed by atoms with E-state index in [0.29, 0.717) is 44.7 Å². The molecule has 2 N–H and O–H groups in total. The molecule has 0 fully saturated rings. The molecule has 0 saturated heterocycles. The van der Waals surface area contributed by atoms with Crippen LogP contribution >= 0.6 is 46.4 Å². The molecule has 0 spiro atoms. The Balaban J connectivity index is 1.54. The van der Waals surface area contributed by atoms with Gasteiger partial charge in [0.25, 0.3) is 11.8 Å². The van der Waals surface area contributed by atoms with Crippen LogP contribution in [0.2, 0.25) is 20.1 Å². The van der Waals surface area contributed by atoms with E-state index in [1.54, 1.807) is 50.2 Å². The van der Waals surface area contributed by atoms with E-state index in [-0.39, 0.29) is 11.8 Å². The molecule has 0 heterocycles. The number of nitrogens with one attached hydrogen (secondary N) is 2. The Labute approximate surface area is 220 Å². The van der Waals surface area contributed by atoms with Gasteiger partial charge in [0.2, 0.25) is 0 Å². The lowest BCUT2D eigenvalue weighted by Gasteiger charge is -2.16. The van der Waals surface area contributed by atoms with Gasteiger partial charge < -0.3 is 20.1 Å². The van der Waals surface area contributed by atoms with Gasteiger partial charge in [0.1, 0.15) is 11.5 Å². The molecule has 0 aromatic heterocycles. The first kappa shape index (κ1) is 28.4. The first-order valence-corrected chi connectivity index (χ1v) is 12.5. The maximum Gasteiger partial charge on any atom is 0.260 e. The summed E-state index contributed by atoms with van der Waals surface area (Å²) in [6.45, 7) is 4.41. The van der Waals surface area contributed by atoms with Crippen LogP contribution in [0.15, 0.2) is 36.4 Å². The highest BCUT2D eigenvalue weighted by atomic mass is 35.5. The molecule has 2 amide bonds. The summed E-state index contributed by atoms with van der Waals surface area (Å²) < 4.78 is 11.2. The summed E-state index contributed by atoms with van der Waals surface area (Å²) in [5.41, 5.74) is 0. The van der Waals surface area contributed by atoms with E-state index in [1.807, 2.05) is 0 Å². The highest BCUT2D eigenvalue weighted by molar-refractivity contribution is 6.36. The standard InChI is InChI=1S/C24H28Cl4N2O4/c1-15(33-21-9-7-17(25)13-19(21)27)23(31)29-11-5-3-4-6-12-30-24(32)16(2)34-22-10-8-18(26)14-20(22)28/h7-10,13-16H,3-6,11-12H2,1-2H3,(H,29,31)(H,30,32). The summed E-state index contributed by atoms with van der Waals surface area (Å²) in [6.07, 6.45) is 2.12. The van der Waals surface area contributed by atoms with Gasteiger partial charge in [0, 0.05) is 23.1 Å². The number of carbonyl (C=O) groups is 2. The van der Waals surface area contributed by atoms with Crippen molar-refractivity contribution in [2.24, 2.45) is 0 Å². The first-order chi connectivity index (χ1) is 16.2. The number of hydrogen-bond donors (Lipinski definition) is 2. The number of amides is 2. The first-order valence-electron chi connectivity index (χ1n) is 11.0. The van der Waals surface area contributed by atoms with Crippen molar-refractivity contribution in [3.63, 3.8) is 0 Å². The molecule has 2 unspecified atom stereocenters. The highest BCUT2D eigenvalue weighted by Crippen LogP contribution is 2.29. The van der Waals surface area contributed by atoms with Crippen LogP contribution in [0.25, 0.3) is 0 Å². The summed E-state index contributed by atoms with van der Waals surface area (Å²) in [4.78, 5) is 24.4. The lowest BCUT2D eigenvalue weighted by molar-refractivity contribution is -0.128. The minimum absolute atomic E-state index is 0.215. The SMILES string of the molecule is CC(Oc1ccc(Cl)cc1Cl)C(=O)NCCCCCCNC(=O)C(C)Oc1ccc(Cl)cc1Cl. The van der Waals surface area contributed by atoms with Crippen LogP contribution < -0.4 is 20.1 Å². The van der Waals surface area contributed by atoms with Gasteiger partial charge in [-0.15, -0.1) is 0 Å². The van der Waals surface area contributed by atoms with E-state index in [9.17, 15) is 9.59 Å². The number of benzene rings is 2. The van der Waals surface area contributed by atoms with Crippen LogP contribution in [0.5, 0.6) is 11.5 Å². The molecule has 2 atom stereocenters. The molecule has 0 aliphatic heterocycles. The fraction of sp³-hybridized carbons (Fsp3) is 0.417. The Bertz CT molecular complexity index is 896. The largest absolute Gasteiger partial charge is 0.479 e. The smallest absolute Gasteiger partial charge is 0.260 e. The van der Waals surface area contributed by atoms with Gasteiger partial charge in [-0.05, 0) is 63.1 Å².